The quantitative estimate of drug-likeness (QED) is 0.331. The predicted molar refractivity (Wildman–Crippen MR) is 117 cm³/mol. The third-order valence-corrected chi connectivity index (χ3v) is 6.02. The molecule has 1 saturated carbocycles. The normalized spacial score (nSPS) is 18.8. The molecular formula is C22H19F4N7O3. The minimum absolute atomic E-state index is 0.00672. The molecule has 1 aliphatic heterocycles. The summed E-state index contributed by atoms with van der Waals surface area (Å²) in [6.45, 7) is -2.27. The fourth-order valence-electron chi connectivity index (χ4n) is 3.94. The summed E-state index contributed by atoms with van der Waals surface area (Å²) in [5.41, 5.74) is 4.27. The Hall–Kier alpha value is -4.23. The first-order chi connectivity index (χ1) is 17.1. The number of hydrogen-bond acceptors (Lipinski definition) is 7. The van der Waals surface area contributed by atoms with Gasteiger partial charge in [-0.3, -0.25) is 9.59 Å². The molecule has 14 heteroatoms. The second kappa shape index (κ2) is 8.46. The molecule has 10 nitrogen and oxygen atoms in total. The van der Waals surface area contributed by atoms with Crippen LogP contribution in [-0.2, 0) is 21.5 Å². The Morgan fingerprint density at radius 1 is 1.33 bits per heavy atom. The summed E-state index contributed by atoms with van der Waals surface area (Å²) < 4.78 is 59.1. The van der Waals surface area contributed by atoms with E-state index in [0.717, 1.165) is 29.7 Å². The topological polar surface area (TPSA) is 137 Å². The Morgan fingerprint density at radius 3 is 2.78 bits per heavy atom. The monoisotopic (exact) mass is 505 g/mol. The van der Waals surface area contributed by atoms with Gasteiger partial charge in [0.15, 0.2) is 22.9 Å². The van der Waals surface area contributed by atoms with Crippen molar-refractivity contribution >= 4 is 23.5 Å². The maximum absolute atomic E-state index is 14.2. The minimum atomic E-state index is -3.23. The summed E-state index contributed by atoms with van der Waals surface area (Å²) in [4.78, 5) is 33.9. The van der Waals surface area contributed by atoms with Crippen LogP contribution in [0, 0.1) is 11.6 Å². The average molecular weight is 505 g/mol. The van der Waals surface area contributed by atoms with Gasteiger partial charge in [0, 0.05) is 17.7 Å². The van der Waals surface area contributed by atoms with Crippen molar-refractivity contribution in [1.82, 2.24) is 25.1 Å². The maximum atomic E-state index is 14.2. The van der Waals surface area contributed by atoms with E-state index in [4.69, 9.17) is 5.73 Å². The summed E-state index contributed by atoms with van der Waals surface area (Å²) in [6, 6.07) is 4.50. The number of halogens is 4. The number of benzene rings is 1. The van der Waals surface area contributed by atoms with Gasteiger partial charge in [-0.2, -0.15) is 13.9 Å². The van der Waals surface area contributed by atoms with Crippen LogP contribution in [0.15, 0.2) is 24.3 Å². The van der Waals surface area contributed by atoms with E-state index in [0.29, 0.717) is 0 Å². The van der Waals surface area contributed by atoms with Crippen molar-refractivity contribution in [2.24, 2.45) is 0 Å². The fourth-order valence-corrected chi connectivity index (χ4v) is 3.94. The summed E-state index contributed by atoms with van der Waals surface area (Å²) in [5.74, 6) is -4.33. The van der Waals surface area contributed by atoms with Crippen molar-refractivity contribution in [1.29, 1.82) is 0 Å². The molecule has 3 aromatic rings. The van der Waals surface area contributed by atoms with Crippen molar-refractivity contribution in [3.8, 4) is 17.4 Å². The number of nitrogens with two attached hydrogens (primary N) is 1. The van der Waals surface area contributed by atoms with Crippen LogP contribution in [0.1, 0.15) is 30.9 Å². The lowest BCUT2D eigenvalue weighted by molar-refractivity contribution is -0.133. The number of alkyl halides is 2. The molecule has 1 aliphatic carbocycles. The number of anilines is 2. The molecule has 36 heavy (non-hydrogen) atoms. The molecule has 1 unspecified atom stereocenters. The minimum Gasteiger partial charge on any atom is -0.417 e. The van der Waals surface area contributed by atoms with E-state index in [1.54, 1.807) is 0 Å². The molecule has 1 atom stereocenters. The zero-order valence-electron chi connectivity index (χ0n) is 18.7. The highest BCUT2D eigenvalue weighted by Crippen LogP contribution is 2.41. The highest BCUT2D eigenvalue weighted by Gasteiger charge is 2.53. The van der Waals surface area contributed by atoms with Gasteiger partial charge in [0.05, 0.1) is 12.1 Å². The molecule has 1 fully saturated rings. The van der Waals surface area contributed by atoms with Crippen LogP contribution >= 0.6 is 0 Å². The molecule has 5 rings (SSSR count). The van der Waals surface area contributed by atoms with Crippen LogP contribution in [-0.4, -0.2) is 44.2 Å². The molecule has 0 bridgehead atoms. The molecular weight excluding hydrogens is 486 g/mol. The van der Waals surface area contributed by atoms with Gasteiger partial charge in [-0.15, -0.1) is 0 Å². The number of nitrogens with zero attached hydrogens (tertiary/aromatic N) is 4. The Kier molecular flexibility index (Phi) is 5.53. The van der Waals surface area contributed by atoms with Crippen LogP contribution in [0.25, 0.3) is 11.5 Å². The number of ether oxygens (including phenoxy) is 1. The van der Waals surface area contributed by atoms with E-state index >= 15 is 0 Å². The number of aromatic nitrogens is 4. The van der Waals surface area contributed by atoms with Gasteiger partial charge in [0.2, 0.25) is 17.7 Å². The lowest BCUT2D eigenvalue weighted by Crippen LogP contribution is -2.48. The predicted octanol–water partition coefficient (Wildman–Crippen LogP) is 2.34. The number of nitrogen functional groups attached to an aromatic ring is 1. The molecule has 188 valence electrons. The first kappa shape index (κ1) is 23.5. The highest BCUT2D eigenvalue weighted by atomic mass is 19.3. The van der Waals surface area contributed by atoms with Gasteiger partial charge < -0.3 is 21.1 Å². The lowest BCUT2D eigenvalue weighted by atomic mass is 9.83. The van der Waals surface area contributed by atoms with Crippen molar-refractivity contribution < 1.29 is 31.9 Å². The SMILES string of the molecule is CC1(C(=O)NC2CC2)C(=O)Nc2nc(-c3cc(OC(F)F)n(Cc4cccc(F)c4F)n3)nc(N)c21. The molecule has 3 heterocycles. The summed E-state index contributed by atoms with van der Waals surface area (Å²) in [7, 11) is 0. The van der Waals surface area contributed by atoms with Gasteiger partial charge in [0.25, 0.3) is 0 Å². The smallest absolute Gasteiger partial charge is 0.388 e. The van der Waals surface area contributed by atoms with E-state index in [-0.39, 0.29) is 40.3 Å². The molecule has 1 aromatic carbocycles. The number of amides is 2. The van der Waals surface area contributed by atoms with E-state index in [1.807, 2.05) is 0 Å². The molecule has 4 N–H and O–H groups in total. The van der Waals surface area contributed by atoms with Crippen LogP contribution in [0.3, 0.4) is 0 Å². The van der Waals surface area contributed by atoms with Gasteiger partial charge in [-0.1, -0.05) is 12.1 Å². The fraction of sp³-hybridized carbons (Fsp3) is 0.318. The van der Waals surface area contributed by atoms with Gasteiger partial charge >= 0.3 is 6.61 Å². The number of rotatable bonds is 7. The largest absolute Gasteiger partial charge is 0.417 e. The van der Waals surface area contributed by atoms with Gasteiger partial charge in [-0.05, 0) is 25.8 Å². The van der Waals surface area contributed by atoms with E-state index in [9.17, 15) is 27.2 Å². The van der Waals surface area contributed by atoms with E-state index in [1.165, 1.54) is 19.1 Å². The van der Waals surface area contributed by atoms with Crippen molar-refractivity contribution in [2.75, 3.05) is 11.1 Å². The summed E-state index contributed by atoms with van der Waals surface area (Å²) in [6.07, 6.45) is 1.62. The van der Waals surface area contributed by atoms with Gasteiger partial charge in [0.1, 0.15) is 17.3 Å². The Morgan fingerprint density at radius 2 is 2.08 bits per heavy atom. The zero-order valence-corrected chi connectivity index (χ0v) is 18.7. The Bertz CT molecular complexity index is 1390. The van der Waals surface area contributed by atoms with Crippen LogP contribution in [0.2, 0.25) is 0 Å². The standard InChI is InChI=1S/C22H19F4N7O3/c1-22(19(34)28-10-5-6-10)14-16(27)29-17(30-18(14)31-20(22)35)12-7-13(36-21(25)26)33(32-12)8-9-3-2-4-11(23)15(9)24/h2-4,7,10,21H,5-6,8H2,1H3,(H,28,34)(H3,27,29,30,31,35). The zero-order chi connectivity index (χ0) is 25.8. The number of hydrogen-bond donors (Lipinski definition) is 3. The number of nitrogens with one attached hydrogen (secondary N) is 2. The number of carbonyl (C=O) groups excluding carboxylic acids is 2. The molecule has 0 radical (unpaired) electrons. The van der Waals surface area contributed by atoms with E-state index in [2.05, 4.69) is 30.4 Å². The average Bonchev–Trinajstić information content (AvgIpc) is 3.48. The van der Waals surface area contributed by atoms with E-state index < -0.39 is 47.9 Å². The molecule has 2 amide bonds. The third kappa shape index (κ3) is 3.97. The van der Waals surface area contributed by atoms with Crippen LogP contribution in [0.4, 0.5) is 29.2 Å². The van der Waals surface area contributed by atoms with Crippen LogP contribution < -0.4 is 21.1 Å². The number of fused-ring (bicyclic) bond motifs is 1. The van der Waals surface area contributed by atoms with Gasteiger partial charge in [-0.25, -0.2) is 23.4 Å². The summed E-state index contributed by atoms with van der Waals surface area (Å²) >= 11 is 0. The Balaban J connectivity index is 1.53. The van der Waals surface area contributed by atoms with Crippen molar-refractivity contribution in [3.05, 3.63) is 47.0 Å². The third-order valence-electron chi connectivity index (χ3n) is 6.02. The first-order valence-corrected chi connectivity index (χ1v) is 10.8. The van der Waals surface area contributed by atoms with Crippen molar-refractivity contribution in [2.45, 2.75) is 44.4 Å². The number of carbonyl (C=O) groups is 2. The highest BCUT2D eigenvalue weighted by molar-refractivity contribution is 6.21. The first-order valence-electron chi connectivity index (χ1n) is 10.8. The van der Waals surface area contributed by atoms with Crippen molar-refractivity contribution in [3.63, 3.8) is 0 Å². The molecule has 2 aromatic heterocycles. The summed E-state index contributed by atoms with van der Waals surface area (Å²) in [5, 5.41) is 9.38. The van der Waals surface area contributed by atoms with Crippen LogP contribution in [0.5, 0.6) is 5.88 Å². The molecule has 0 saturated heterocycles. The lowest BCUT2D eigenvalue weighted by Gasteiger charge is -2.21. The second-order valence-electron chi connectivity index (χ2n) is 8.60. The Labute approximate surface area is 200 Å². The molecule has 2 aliphatic rings. The molecule has 0 spiro atoms. The second-order valence-corrected chi connectivity index (χ2v) is 8.60. The maximum Gasteiger partial charge on any atom is 0.388 e.